The number of rotatable bonds is 9. The Labute approximate surface area is 110 Å². The van der Waals surface area contributed by atoms with E-state index < -0.39 is 5.97 Å². The van der Waals surface area contributed by atoms with Crippen LogP contribution in [-0.4, -0.2) is 31.2 Å². The van der Waals surface area contributed by atoms with E-state index in [2.05, 4.69) is 17.6 Å². The van der Waals surface area contributed by atoms with Gasteiger partial charge >= 0.3 is 12.0 Å². The molecule has 0 saturated carbocycles. The van der Waals surface area contributed by atoms with Crippen LogP contribution in [0.4, 0.5) is 4.79 Å². The molecule has 5 heteroatoms. The van der Waals surface area contributed by atoms with Crippen LogP contribution in [0.25, 0.3) is 0 Å². The molecule has 0 fully saturated rings. The molecule has 0 aromatic rings. The number of urea groups is 1. The van der Waals surface area contributed by atoms with E-state index in [0.29, 0.717) is 6.61 Å². The molecule has 18 heavy (non-hydrogen) atoms. The summed E-state index contributed by atoms with van der Waals surface area (Å²) in [6, 6.07) is -0.185. The zero-order valence-corrected chi connectivity index (χ0v) is 11.8. The largest absolute Gasteiger partial charge is 0.465 e. The van der Waals surface area contributed by atoms with Gasteiger partial charge < -0.3 is 15.4 Å². The summed E-state index contributed by atoms with van der Waals surface area (Å²) in [6.45, 7) is 6.12. The predicted molar refractivity (Wildman–Crippen MR) is 71.4 cm³/mol. The quantitative estimate of drug-likeness (QED) is 0.492. The van der Waals surface area contributed by atoms with Gasteiger partial charge in [-0.15, -0.1) is 0 Å². The van der Waals surface area contributed by atoms with Gasteiger partial charge in [-0.1, -0.05) is 32.6 Å². The second-order valence-corrected chi connectivity index (χ2v) is 4.38. The Morgan fingerprint density at radius 1 is 1.17 bits per heavy atom. The van der Waals surface area contributed by atoms with Crippen molar-refractivity contribution in [2.24, 2.45) is 0 Å². The van der Waals surface area contributed by atoms with Crippen molar-refractivity contribution in [3.63, 3.8) is 0 Å². The van der Waals surface area contributed by atoms with Gasteiger partial charge in [-0.3, -0.25) is 4.79 Å². The highest BCUT2D eigenvalue weighted by Gasteiger charge is 2.08. The van der Waals surface area contributed by atoms with Crippen molar-refractivity contribution in [2.45, 2.75) is 58.9 Å². The fraction of sp³-hybridized carbons (Fsp3) is 0.846. The third kappa shape index (κ3) is 9.93. The molecule has 0 aliphatic rings. The first-order valence-corrected chi connectivity index (χ1v) is 6.80. The summed E-state index contributed by atoms with van der Waals surface area (Å²) in [5.41, 5.74) is 0. The molecule has 2 amide bonds. The molecule has 0 radical (unpaired) electrons. The molecule has 106 valence electrons. The normalized spacial score (nSPS) is 11.7. The van der Waals surface area contributed by atoms with Gasteiger partial charge in [0.05, 0.1) is 6.61 Å². The molecule has 0 aromatic heterocycles. The summed E-state index contributed by atoms with van der Waals surface area (Å²) in [5.74, 6) is -0.414. The Kier molecular flexibility index (Phi) is 10.1. The molecule has 0 bridgehead atoms. The molecular formula is C13H26N2O3. The summed E-state index contributed by atoms with van der Waals surface area (Å²) < 4.78 is 4.71. The van der Waals surface area contributed by atoms with Crippen LogP contribution in [0.5, 0.6) is 0 Å². The van der Waals surface area contributed by atoms with Gasteiger partial charge in [0.2, 0.25) is 0 Å². The van der Waals surface area contributed by atoms with Crippen LogP contribution in [0.1, 0.15) is 52.9 Å². The third-order valence-corrected chi connectivity index (χ3v) is 2.57. The fourth-order valence-corrected chi connectivity index (χ4v) is 1.59. The molecule has 1 atom stereocenters. The molecule has 0 aliphatic heterocycles. The molecule has 0 saturated heterocycles. The topological polar surface area (TPSA) is 67.4 Å². The summed E-state index contributed by atoms with van der Waals surface area (Å²) in [6.07, 6.45) is 5.73. The van der Waals surface area contributed by atoms with E-state index in [1.54, 1.807) is 6.92 Å². The number of carbonyl (C=O) groups excluding carboxylic acids is 2. The lowest BCUT2D eigenvalue weighted by Gasteiger charge is -2.14. The zero-order chi connectivity index (χ0) is 13.8. The van der Waals surface area contributed by atoms with Crippen molar-refractivity contribution < 1.29 is 14.3 Å². The molecule has 0 aliphatic carbocycles. The van der Waals surface area contributed by atoms with Crippen LogP contribution < -0.4 is 10.6 Å². The van der Waals surface area contributed by atoms with Gasteiger partial charge in [-0.05, 0) is 20.3 Å². The first-order chi connectivity index (χ1) is 8.60. The van der Waals surface area contributed by atoms with E-state index in [-0.39, 0.29) is 18.6 Å². The van der Waals surface area contributed by atoms with E-state index >= 15 is 0 Å². The fourth-order valence-electron chi connectivity index (χ4n) is 1.59. The smallest absolute Gasteiger partial charge is 0.325 e. The number of esters is 1. The zero-order valence-electron chi connectivity index (χ0n) is 11.8. The maximum absolute atomic E-state index is 11.4. The molecular weight excluding hydrogens is 232 g/mol. The van der Waals surface area contributed by atoms with Crippen molar-refractivity contribution in [3.05, 3.63) is 0 Å². The Bertz CT molecular complexity index is 244. The standard InChI is InChI=1S/C13H26N2O3/c1-4-6-7-8-9-11(3)15-13(17)14-10-12(16)18-5-2/h11H,4-10H2,1-3H3,(H2,14,15,17). The van der Waals surface area contributed by atoms with Gasteiger partial charge in [-0.25, -0.2) is 4.79 Å². The Morgan fingerprint density at radius 2 is 1.89 bits per heavy atom. The van der Waals surface area contributed by atoms with E-state index in [1.165, 1.54) is 19.3 Å². The monoisotopic (exact) mass is 258 g/mol. The van der Waals surface area contributed by atoms with Crippen molar-refractivity contribution in [2.75, 3.05) is 13.2 Å². The van der Waals surface area contributed by atoms with Crippen LogP contribution in [0.2, 0.25) is 0 Å². The van der Waals surface area contributed by atoms with Crippen molar-refractivity contribution in [1.82, 2.24) is 10.6 Å². The number of hydrogen-bond donors (Lipinski definition) is 2. The lowest BCUT2D eigenvalue weighted by Crippen LogP contribution is -2.43. The van der Waals surface area contributed by atoms with Gasteiger partial charge in [0, 0.05) is 6.04 Å². The second-order valence-electron chi connectivity index (χ2n) is 4.38. The van der Waals surface area contributed by atoms with Crippen LogP contribution in [0.15, 0.2) is 0 Å². The van der Waals surface area contributed by atoms with Crippen LogP contribution in [-0.2, 0) is 9.53 Å². The number of amides is 2. The van der Waals surface area contributed by atoms with Crippen molar-refractivity contribution >= 4 is 12.0 Å². The molecule has 1 unspecified atom stereocenters. The molecule has 0 rings (SSSR count). The molecule has 0 heterocycles. The van der Waals surface area contributed by atoms with Crippen LogP contribution in [0, 0.1) is 0 Å². The maximum atomic E-state index is 11.4. The number of ether oxygens (including phenoxy) is 1. The molecule has 0 aromatic carbocycles. The Balaban J connectivity index is 3.57. The summed E-state index contributed by atoms with van der Waals surface area (Å²) in [4.78, 5) is 22.4. The van der Waals surface area contributed by atoms with E-state index in [4.69, 9.17) is 4.74 Å². The van der Waals surface area contributed by atoms with Gasteiger partial charge in [0.15, 0.2) is 0 Å². The minimum absolute atomic E-state index is 0.0811. The number of unbranched alkanes of at least 4 members (excludes halogenated alkanes) is 3. The highest BCUT2D eigenvalue weighted by Crippen LogP contribution is 2.04. The third-order valence-electron chi connectivity index (χ3n) is 2.57. The highest BCUT2D eigenvalue weighted by atomic mass is 16.5. The minimum atomic E-state index is -0.414. The summed E-state index contributed by atoms with van der Waals surface area (Å²) in [7, 11) is 0. The van der Waals surface area contributed by atoms with E-state index in [0.717, 1.165) is 12.8 Å². The SMILES string of the molecule is CCCCCCC(C)NC(=O)NCC(=O)OCC. The lowest BCUT2D eigenvalue weighted by molar-refractivity contribution is -0.141. The predicted octanol–water partition coefficient (Wildman–Crippen LogP) is 2.21. The van der Waals surface area contributed by atoms with Gasteiger partial charge in [-0.2, -0.15) is 0 Å². The average molecular weight is 258 g/mol. The minimum Gasteiger partial charge on any atom is -0.465 e. The molecule has 5 nitrogen and oxygen atoms in total. The average Bonchev–Trinajstić information content (AvgIpc) is 2.32. The van der Waals surface area contributed by atoms with Crippen molar-refractivity contribution in [1.29, 1.82) is 0 Å². The summed E-state index contributed by atoms with van der Waals surface area (Å²) >= 11 is 0. The maximum Gasteiger partial charge on any atom is 0.325 e. The van der Waals surface area contributed by atoms with E-state index in [1.807, 2.05) is 6.92 Å². The molecule has 2 N–H and O–H groups in total. The Morgan fingerprint density at radius 3 is 2.50 bits per heavy atom. The first kappa shape index (κ1) is 16.7. The van der Waals surface area contributed by atoms with Gasteiger partial charge in [0.1, 0.15) is 6.54 Å². The van der Waals surface area contributed by atoms with E-state index in [9.17, 15) is 9.59 Å². The number of carbonyl (C=O) groups is 2. The van der Waals surface area contributed by atoms with Crippen LogP contribution in [0.3, 0.4) is 0 Å². The van der Waals surface area contributed by atoms with Crippen LogP contribution >= 0.6 is 0 Å². The van der Waals surface area contributed by atoms with Gasteiger partial charge in [0.25, 0.3) is 0 Å². The first-order valence-electron chi connectivity index (χ1n) is 6.80. The lowest BCUT2D eigenvalue weighted by atomic mass is 10.1. The number of hydrogen-bond acceptors (Lipinski definition) is 3. The number of nitrogens with one attached hydrogen (secondary N) is 2. The summed E-state index contributed by atoms with van der Waals surface area (Å²) in [5, 5.41) is 5.27. The molecule has 0 spiro atoms. The van der Waals surface area contributed by atoms with Crippen molar-refractivity contribution in [3.8, 4) is 0 Å². The highest BCUT2D eigenvalue weighted by molar-refractivity contribution is 5.80. The second kappa shape index (κ2) is 10.9. The Hall–Kier alpha value is -1.26.